The summed E-state index contributed by atoms with van der Waals surface area (Å²) in [5, 5.41) is 0. The maximum absolute atomic E-state index is 13.4. The lowest BCUT2D eigenvalue weighted by Gasteiger charge is -2.03. The highest BCUT2D eigenvalue weighted by Gasteiger charge is 2.15. The molecule has 4 nitrogen and oxygen atoms in total. The van der Waals surface area contributed by atoms with E-state index in [1.54, 1.807) is 16.7 Å². The van der Waals surface area contributed by atoms with E-state index in [9.17, 15) is 4.39 Å². The third-order valence-electron chi connectivity index (χ3n) is 2.93. The third-order valence-corrected chi connectivity index (χ3v) is 3.07. The van der Waals surface area contributed by atoms with E-state index in [0.29, 0.717) is 28.4 Å². The number of imidazole rings is 1. The molecule has 3 heterocycles. The molecular formula is C14H11FN4S. The Kier molecular flexibility index (Phi) is 3.15. The number of nitrogens with two attached hydrogens (primary N) is 1. The van der Waals surface area contributed by atoms with Crippen molar-refractivity contribution in [2.45, 2.75) is 6.42 Å². The Morgan fingerprint density at radius 3 is 2.85 bits per heavy atom. The van der Waals surface area contributed by atoms with Gasteiger partial charge in [-0.3, -0.25) is 9.38 Å². The Bertz CT molecular complexity index is 782. The Morgan fingerprint density at radius 1 is 1.30 bits per heavy atom. The Balaban J connectivity index is 2.28. The van der Waals surface area contributed by atoms with Crippen LogP contribution in [-0.2, 0) is 6.42 Å². The van der Waals surface area contributed by atoms with Gasteiger partial charge in [0.2, 0.25) is 0 Å². The summed E-state index contributed by atoms with van der Waals surface area (Å²) in [4.78, 5) is 9.10. The summed E-state index contributed by atoms with van der Waals surface area (Å²) < 4.78 is 15.1. The van der Waals surface area contributed by atoms with Crippen LogP contribution in [0.15, 0.2) is 42.7 Å². The summed E-state index contributed by atoms with van der Waals surface area (Å²) in [5.74, 6) is -0.341. The number of thiocarbonyl (C=S) groups is 1. The second-order valence-electron chi connectivity index (χ2n) is 4.34. The fourth-order valence-corrected chi connectivity index (χ4v) is 2.25. The molecule has 20 heavy (non-hydrogen) atoms. The van der Waals surface area contributed by atoms with Crippen LogP contribution in [0.3, 0.4) is 0 Å². The summed E-state index contributed by atoms with van der Waals surface area (Å²) in [6.45, 7) is 0. The molecule has 0 saturated carbocycles. The van der Waals surface area contributed by atoms with Crippen LogP contribution in [-0.4, -0.2) is 19.4 Å². The monoisotopic (exact) mass is 286 g/mol. The molecule has 0 aliphatic carbocycles. The Labute approximate surface area is 120 Å². The molecule has 0 amide bonds. The van der Waals surface area contributed by atoms with E-state index in [0.717, 1.165) is 5.69 Å². The zero-order chi connectivity index (χ0) is 14.1. The molecule has 0 aliphatic rings. The summed E-state index contributed by atoms with van der Waals surface area (Å²) in [5.41, 5.74) is 8.40. The van der Waals surface area contributed by atoms with Crippen molar-refractivity contribution >= 4 is 22.9 Å². The number of pyridine rings is 2. The van der Waals surface area contributed by atoms with Gasteiger partial charge in [0, 0.05) is 18.8 Å². The predicted octanol–water partition coefficient (Wildman–Crippen LogP) is 2.36. The summed E-state index contributed by atoms with van der Waals surface area (Å²) in [7, 11) is 0. The van der Waals surface area contributed by atoms with E-state index in [1.807, 2.05) is 18.2 Å². The van der Waals surface area contributed by atoms with Crippen LogP contribution in [0.1, 0.15) is 5.69 Å². The molecule has 0 aliphatic heterocycles. The average molecular weight is 286 g/mol. The molecule has 100 valence electrons. The lowest BCUT2D eigenvalue weighted by Crippen LogP contribution is -2.13. The molecule has 0 saturated heterocycles. The zero-order valence-electron chi connectivity index (χ0n) is 10.5. The van der Waals surface area contributed by atoms with Crippen LogP contribution >= 0.6 is 12.2 Å². The van der Waals surface area contributed by atoms with Gasteiger partial charge in [-0.25, -0.2) is 9.37 Å². The quantitative estimate of drug-likeness (QED) is 0.751. The van der Waals surface area contributed by atoms with E-state index in [1.165, 1.54) is 12.3 Å². The number of aromatic nitrogens is 3. The smallest absolute Gasteiger partial charge is 0.139 e. The summed E-state index contributed by atoms with van der Waals surface area (Å²) >= 11 is 4.97. The minimum absolute atomic E-state index is 0.327. The van der Waals surface area contributed by atoms with Crippen molar-refractivity contribution in [3.05, 3.63) is 54.2 Å². The highest BCUT2D eigenvalue weighted by molar-refractivity contribution is 7.80. The first-order chi connectivity index (χ1) is 9.65. The van der Waals surface area contributed by atoms with E-state index >= 15 is 0 Å². The molecule has 0 bridgehead atoms. The maximum Gasteiger partial charge on any atom is 0.139 e. The molecular weight excluding hydrogens is 275 g/mol. The van der Waals surface area contributed by atoms with Crippen LogP contribution in [0.2, 0.25) is 0 Å². The first kappa shape index (κ1) is 12.7. The summed E-state index contributed by atoms with van der Waals surface area (Å²) in [6, 6.07) is 8.53. The van der Waals surface area contributed by atoms with Crippen molar-refractivity contribution < 1.29 is 4.39 Å². The van der Waals surface area contributed by atoms with Gasteiger partial charge in [-0.05, 0) is 24.3 Å². The minimum atomic E-state index is -0.341. The van der Waals surface area contributed by atoms with Crippen molar-refractivity contribution in [2.75, 3.05) is 0 Å². The van der Waals surface area contributed by atoms with E-state index in [2.05, 4.69) is 9.97 Å². The van der Waals surface area contributed by atoms with Crippen LogP contribution in [0.25, 0.3) is 17.0 Å². The number of hydrogen-bond acceptors (Lipinski definition) is 3. The summed E-state index contributed by atoms with van der Waals surface area (Å²) in [6.07, 6.45) is 3.40. The van der Waals surface area contributed by atoms with Crippen molar-refractivity contribution in [3.8, 4) is 11.4 Å². The highest BCUT2D eigenvalue weighted by Crippen LogP contribution is 2.23. The topological polar surface area (TPSA) is 56.2 Å². The Morgan fingerprint density at radius 2 is 2.15 bits per heavy atom. The largest absolute Gasteiger partial charge is 0.393 e. The number of fused-ring (bicyclic) bond motifs is 1. The molecule has 0 aromatic carbocycles. The molecule has 3 rings (SSSR count). The molecule has 2 N–H and O–H groups in total. The van der Waals surface area contributed by atoms with Crippen LogP contribution in [0.5, 0.6) is 0 Å². The van der Waals surface area contributed by atoms with E-state index < -0.39 is 0 Å². The van der Waals surface area contributed by atoms with Gasteiger partial charge in [-0.2, -0.15) is 0 Å². The first-order valence-electron chi connectivity index (χ1n) is 6.01. The molecule has 0 radical (unpaired) electrons. The molecule has 0 spiro atoms. The minimum Gasteiger partial charge on any atom is -0.393 e. The average Bonchev–Trinajstić information content (AvgIpc) is 2.77. The van der Waals surface area contributed by atoms with Gasteiger partial charge in [0.05, 0.1) is 16.4 Å². The van der Waals surface area contributed by atoms with E-state index in [4.69, 9.17) is 18.0 Å². The zero-order valence-corrected chi connectivity index (χ0v) is 11.3. The van der Waals surface area contributed by atoms with Crippen molar-refractivity contribution in [1.29, 1.82) is 0 Å². The highest BCUT2D eigenvalue weighted by atomic mass is 32.1. The second-order valence-corrected chi connectivity index (χ2v) is 4.87. The van der Waals surface area contributed by atoms with Gasteiger partial charge in [-0.15, -0.1) is 0 Å². The molecule has 3 aromatic heterocycles. The lowest BCUT2D eigenvalue weighted by molar-refractivity contribution is 0.618. The fourth-order valence-electron chi connectivity index (χ4n) is 2.11. The lowest BCUT2D eigenvalue weighted by atomic mass is 10.2. The molecule has 0 atom stereocenters. The number of hydrogen-bond donors (Lipinski definition) is 1. The SMILES string of the molecule is NC(=S)Cc1c(-c2ccccn2)nc2ccc(F)cn12. The molecule has 6 heteroatoms. The van der Waals surface area contributed by atoms with Gasteiger partial charge in [0.1, 0.15) is 17.2 Å². The number of nitrogens with zero attached hydrogens (tertiary/aromatic N) is 3. The van der Waals surface area contributed by atoms with Crippen LogP contribution in [0.4, 0.5) is 4.39 Å². The first-order valence-corrected chi connectivity index (χ1v) is 6.42. The second kappa shape index (κ2) is 4.97. The van der Waals surface area contributed by atoms with Gasteiger partial charge in [0.15, 0.2) is 0 Å². The third kappa shape index (κ3) is 2.25. The van der Waals surface area contributed by atoms with Gasteiger partial charge in [-0.1, -0.05) is 18.3 Å². The van der Waals surface area contributed by atoms with Crippen LogP contribution < -0.4 is 5.73 Å². The number of rotatable bonds is 3. The van der Waals surface area contributed by atoms with Crippen molar-refractivity contribution in [3.63, 3.8) is 0 Å². The van der Waals surface area contributed by atoms with Gasteiger partial charge in [0.25, 0.3) is 0 Å². The Hall–Kier alpha value is -2.34. The van der Waals surface area contributed by atoms with Crippen LogP contribution in [0, 0.1) is 5.82 Å². The number of halogens is 1. The van der Waals surface area contributed by atoms with Gasteiger partial charge >= 0.3 is 0 Å². The maximum atomic E-state index is 13.4. The van der Waals surface area contributed by atoms with Crippen molar-refractivity contribution in [2.24, 2.45) is 5.73 Å². The normalized spacial score (nSPS) is 10.8. The van der Waals surface area contributed by atoms with Gasteiger partial charge < -0.3 is 5.73 Å². The molecule has 0 fully saturated rings. The molecule has 0 unspecified atom stereocenters. The van der Waals surface area contributed by atoms with Crippen molar-refractivity contribution in [1.82, 2.24) is 14.4 Å². The predicted molar refractivity (Wildman–Crippen MR) is 78.9 cm³/mol. The fraction of sp³-hybridized carbons (Fsp3) is 0.0714. The standard InChI is InChI=1S/C14H11FN4S/c15-9-4-5-13-18-14(10-3-1-2-6-17-10)11(7-12(16)20)19(13)8-9/h1-6,8H,7H2,(H2,16,20). The van der Waals surface area contributed by atoms with E-state index in [-0.39, 0.29) is 5.82 Å². The molecule has 3 aromatic rings.